The van der Waals surface area contributed by atoms with Gasteiger partial charge in [-0.1, -0.05) is 34.5 Å². The Bertz CT molecular complexity index is 481. The van der Waals surface area contributed by atoms with Gasteiger partial charge in [-0.05, 0) is 43.5 Å². The molecule has 0 bridgehead atoms. The molecule has 1 aliphatic rings. The van der Waals surface area contributed by atoms with Gasteiger partial charge in [0, 0.05) is 24.1 Å². The molecule has 1 fully saturated rings. The summed E-state index contributed by atoms with van der Waals surface area (Å²) in [6, 6.07) is 5.31. The lowest BCUT2D eigenvalue weighted by molar-refractivity contribution is 0.0944. The molecule has 1 heterocycles. The number of amides is 1. The number of carbonyl (C=O) groups is 1. The molecule has 1 aromatic carbocycles. The van der Waals surface area contributed by atoms with Crippen molar-refractivity contribution in [3.05, 3.63) is 33.3 Å². The molecule has 0 saturated carbocycles. The van der Waals surface area contributed by atoms with Gasteiger partial charge in [0.15, 0.2) is 0 Å². The van der Waals surface area contributed by atoms with Crippen LogP contribution in [0.3, 0.4) is 0 Å². The van der Waals surface area contributed by atoms with Gasteiger partial charge in [0.25, 0.3) is 5.91 Å². The van der Waals surface area contributed by atoms with E-state index in [0.717, 1.165) is 30.0 Å². The van der Waals surface area contributed by atoms with Crippen LogP contribution >= 0.6 is 27.5 Å². The molecule has 1 N–H and O–H groups in total. The third-order valence-corrected chi connectivity index (χ3v) is 4.45. The molecule has 0 radical (unpaired) electrons. The fraction of sp³-hybridized carbons (Fsp3) is 0.533. The second kappa shape index (κ2) is 7.43. The minimum atomic E-state index is -0.110. The van der Waals surface area contributed by atoms with Crippen LogP contribution < -0.4 is 5.32 Å². The normalized spacial score (nSPS) is 19.9. The maximum absolute atomic E-state index is 12.1. The standard InChI is InChI=1S/C15H20BrClN2O/c1-11-3-2-7-19(10-11)8-6-18-15(20)13-9-12(16)4-5-14(13)17/h4-5,9,11H,2-3,6-8,10H2,1H3,(H,18,20)/t11-/m1/s1. The SMILES string of the molecule is C[C@@H]1CCCN(CCNC(=O)c2cc(Br)ccc2Cl)C1. The summed E-state index contributed by atoms with van der Waals surface area (Å²) in [6.07, 6.45) is 2.57. The van der Waals surface area contributed by atoms with Crippen molar-refractivity contribution >= 4 is 33.4 Å². The van der Waals surface area contributed by atoms with Crippen molar-refractivity contribution in [2.45, 2.75) is 19.8 Å². The Morgan fingerprint density at radius 2 is 2.35 bits per heavy atom. The molecule has 20 heavy (non-hydrogen) atoms. The van der Waals surface area contributed by atoms with Gasteiger partial charge < -0.3 is 10.2 Å². The number of piperidine rings is 1. The van der Waals surface area contributed by atoms with Crippen LogP contribution in [-0.2, 0) is 0 Å². The van der Waals surface area contributed by atoms with Crippen LogP contribution in [-0.4, -0.2) is 37.0 Å². The van der Waals surface area contributed by atoms with Gasteiger partial charge in [0.05, 0.1) is 10.6 Å². The van der Waals surface area contributed by atoms with E-state index in [4.69, 9.17) is 11.6 Å². The fourth-order valence-electron chi connectivity index (χ4n) is 2.58. The molecule has 1 aromatic rings. The van der Waals surface area contributed by atoms with Crippen molar-refractivity contribution in [3.63, 3.8) is 0 Å². The van der Waals surface area contributed by atoms with E-state index >= 15 is 0 Å². The highest BCUT2D eigenvalue weighted by Crippen LogP contribution is 2.20. The number of carbonyl (C=O) groups excluding carboxylic acids is 1. The van der Waals surface area contributed by atoms with Crippen molar-refractivity contribution in [2.75, 3.05) is 26.2 Å². The summed E-state index contributed by atoms with van der Waals surface area (Å²) in [5.74, 6) is 0.653. The smallest absolute Gasteiger partial charge is 0.252 e. The van der Waals surface area contributed by atoms with Gasteiger partial charge >= 0.3 is 0 Å². The number of benzene rings is 1. The first-order valence-corrected chi connectivity index (χ1v) is 8.19. The van der Waals surface area contributed by atoms with Crippen LogP contribution in [0.25, 0.3) is 0 Å². The first-order chi connectivity index (χ1) is 9.56. The maximum Gasteiger partial charge on any atom is 0.252 e. The molecular weight excluding hydrogens is 340 g/mol. The summed E-state index contributed by atoms with van der Waals surface area (Å²) in [6.45, 7) is 6.12. The minimum Gasteiger partial charge on any atom is -0.351 e. The lowest BCUT2D eigenvalue weighted by atomic mass is 10.0. The van der Waals surface area contributed by atoms with Gasteiger partial charge in [0.2, 0.25) is 0 Å². The average molecular weight is 360 g/mol. The van der Waals surface area contributed by atoms with E-state index in [2.05, 4.69) is 33.1 Å². The van der Waals surface area contributed by atoms with Crippen LogP contribution in [0.4, 0.5) is 0 Å². The van der Waals surface area contributed by atoms with Gasteiger partial charge in [-0.3, -0.25) is 4.79 Å². The van der Waals surface area contributed by atoms with Gasteiger partial charge in [0.1, 0.15) is 0 Å². The first-order valence-electron chi connectivity index (χ1n) is 7.02. The molecular formula is C15H20BrClN2O. The zero-order chi connectivity index (χ0) is 14.5. The highest BCUT2D eigenvalue weighted by Gasteiger charge is 2.16. The second-order valence-electron chi connectivity index (χ2n) is 5.43. The molecule has 5 heteroatoms. The number of likely N-dealkylation sites (tertiary alicyclic amines) is 1. The van der Waals surface area contributed by atoms with Crippen molar-refractivity contribution in [1.82, 2.24) is 10.2 Å². The van der Waals surface area contributed by atoms with Crippen molar-refractivity contribution in [3.8, 4) is 0 Å². The molecule has 1 aliphatic heterocycles. The van der Waals surface area contributed by atoms with E-state index in [1.807, 2.05) is 6.07 Å². The lowest BCUT2D eigenvalue weighted by Gasteiger charge is -2.30. The largest absolute Gasteiger partial charge is 0.351 e. The minimum absolute atomic E-state index is 0.110. The Kier molecular flexibility index (Phi) is 5.87. The topological polar surface area (TPSA) is 32.3 Å². The lowest BCUT2D eigenvalue weighted by Crippen LogP contribution is -2.40. The predicted molar refractivity (Wildman–Crippen MR) is 86.3 cm³/mol. The number of rotatable bonds is 4. The summed E-state index contributed by atoms with van der Waals surface area (Å²) in [5, 5.41) is 3.43. The summed E-state index contributed by atoms with van der Waals surface area (Å²) in [5.41, 5.74) is 0.521. The van der Waals surface area contributed by atoms with E-state index in [1.54, 1.807) is 12.1 Å². The molecule has 0 spiro atoms. The zero-order valence-corrected chi connectivity index (χ0v) is 14.0. The predicted octanol–water partition coefficient (Wildman–Crippen LogP) is 3.56. The van der Waals surface area contributed by atoms with Crippen LogP contribution in [0.2, 0.25) is 5.02 Å². The van der Waals surface area contributed by atoms with E-state index in [0.29, 0.717) is 17.1 Å². The van der Waals surface area contributed by atoms with Crippen molar-refractivity contribution in [2.24, 2.45) is 5.92 Å². The Hall–Kier alpha value is -0.580. The van der Waals surface area contributed by atoms with Gasteiger partial charge in [-0.2, -0.15) is 0 Å². The molecule has 0 unspecified atom stereocenters. The average Bonchev–Trinajstić information content (AvgIpc) is 2.41. The summed E-state index contributed by atoms with van der Waals surface area (Å²) >= 11 is 9.40. The van der Waals surface area contributed by atoms with E-state index < -0.39 is 0 Å². The van der Waals surface area contributed by atoms with Crippen molar-refractivity contribution in [1.29, 1.82) is 0 Å². The maximum atomic E-state index is 12.1. The summed E-state index contributed by atoms with van der Waals surface area (Å²) < 4.78 is 0.858. The quantitative estimate of drug-likeness (QED) is 0.891. The molecule has 110 valence electrons. The van der Waals surface area contributed by atoms with Crippen LogP contribution in [0.5, 0.6) is 0 Å². The van der Waals surface area contributed by atoms with Crippen LogP contribution in [0.15, 0.2) is 22.7 Å². The highest BCUT2D eigenvalue weighted by molar-refractivity contribution is 9.10. The molecule has 2 rings (SSSR count). The second-order valence-corrected chi connectivity index (χ2v) is 6.75. The Morgan fingerprint density at radius 3 is 3.10 bits per heavy atom. The molecule has 1 atom stereocenters. The Balaban J connectivity index is 1.81. The Morgan fingerprint density at radius 1 is 1.55 bits per heavy atom. The third-order valence-electron chi connectivity index (χ3n) is 3.63. The zero-order valence-electron chi connectivity index (χ0n) is 11.7. The number of hydrogen-bond acceptors (Lipinski definition) is 2. The van der Waals surface area contributed by atoms with Gasteiger partial charge in [-0.25, -0.2) is 0 Å². The number of halogens is 2. The van der Waals surface area contributed by atoms with Crippen molar-refractivity contribution < 1.29 is 4.79 Å². The highest BCUT2D eigenvalue weighted by atomic mass is 79.9. The molecule has 1 amide bonds. The summed E-state index contributed by atoms with van der Waals surface area (Å²) in [7, 11) is 0. The van der Waals surface area contributed by atoms with Crippen LogP contribution in [0, 0.1) is 5.92 Å². The monoisotopic (exact) mass is 358 g/mol. The number of nitrogens with zero attached hydrogens (tertiary/aromatic N) is 1. The molecule has 3 nitrogen and oxygen atoms in total. The first kappa shape index (κ1) is 15.8. The Labute approximate surface area is 133 Å². The van der Waals surface area contributed by atoms with Crippen LogP contribution in [0.1, 0.15) is 30.1 Å². The van der Waals surface area contributed by atoms with Gasteiger partial charge in [-0.15, -0.1) is 0 Å². The molecule has 0 aromatic heterocycles. The number of nitrogens with one attached hydrogen (secondary N) is 1. The summed E-state index contributed by atoms with van der Waals surface area (Å²) in [4.78, 5) is 14.5. The van der Waals surface area contributed by atoms with E-state index in [1.165, 1.54) is 12.8 Å². The fourth-order valence-corrected chi connectivity index (χ4v) is 3.15. The van der Waals surface area contributed by atoms with E-state index in [-0.39, 0.29) is 5.91 Å². The van der Waals surface area contributed by atoms with E-state index in [9.17, 15) is 4.79 Å². The molecule has 0 aliphatic carbocycles. The third kappa shape index (κ3) is 4.47. The number of hydrogen-bond donors (Lipinski definition) is 1. The molecule has 1 saturated heterocycles.